The molecule has 4 atom stereocenters. The highest BCUT2D eigenvalue weighted by molar-refractivity contribution is 5.86. The molecule has 0 aromatic heterocycles. The molecular weight excluding hydrogens is 620 g/mol. The van der Waals surface area contributed by atoms with Crippen LogP contribution in [0.15, 0.2) is 72.8 Å². The third-order valence-corrected chi connectivity index (χ3v) is 12.6. The van der Waals surface area contributed by atoms with Crippen LogP contribution < -0.4 is 9.80 Å². The van der Waals surface area contributed by atoms with Crippen molar-refractivity contribution >= 4 is 11.4 Å². The van der Waals surface area contributed by atoms with E-state index in [1.54, 1.807) is 22.3 Å². The second kappa shape index (κ2) is 11.7. The van der Waals surface area contributed by atoms with Gasteiger partial charge in [0.1, 0.15) is 0 Å². The highest BCUT2D eigenvalue weighted by Crippen LogP contribution is 2.58. The largest absolute Gasteiger partial charge is 0.371 e. The molecule has 1 saturated carbocycles. The molecule has 3 aliphatic carbocycles. The number of rotatable bonds is 12. The molecule has 4 unspecified atom stereocenters. The summed E-state index contributed by atoms with van der Waals surface area (Å²) in [6.45, 7) is 7.11. The molecule has 4 aromatic rings. The first-order valence-electron chi connectivity index (χ1n) is 19.2. The van der Waals surface area contributed by atoms with Crippen LogP contribution in [0.3, 0.4) is 0 Å². The van der Waals surface area contributed by atoms with Crippen molar-refractivity contribution in [1.82, 2.24) is 0 Å². The molecule has 0 bridgehead atoms. The van der Waals surface area contributed by atoms with Crippen LogP contribution in [0.4, 0.5) is 11.4 Å². The average Bonchev–Trinajstić information content (AvgIpc) is 3.91. The Hall–Kier alpha value is -3.68. The number of epoxide rings is 4. The van der Waals surface area contributed by atoms with Gasteiger partial charge in [0.2, 0.25) is 0 Å². The highest BCUT2D eigenvalue weighted by Gasteiger charge is 2.47. The maximum Gasteiger partial charge on any atom is 0.0984 e. The molecule has 4 saturated heterocycles. The van der Waals surface area contributed by atoms with Gasteiger partial charge in [0.15, 0.2) is 0 Å². The zero-order chi connectivity index (χ0) is 32.8. The fourth-order valence-electron chi connectivity index (χ4n) is 9.99. The summed E-state index contributed by atoms with van der Waals surface area (Å²) in [7, 11) is 0. The van der Waals surface area contributed by atoms with Crippen molar-refractivity contribution in [2.75, 3.05) is 62.4 Å². The Morgan fingerprint density at radius 3 is 1.28 bits per heavy atom. The van der Waals surface area contributed by atoms with E-state index in [1.165, 1.54) is 64.0 Å². The molecule has 256 valence electrons. The number of nitrogens with zero attached hydrogens (tertiary/aromatic N) is 2. The van der Waals surface area contributed by atoms with E-state index in [-0.39, 0.29) is 5.41 Å². The van der Waals surface area contributed by atoms with E-state index in [1.807, 2.05) is 0 Å². The van der Waals surface area contributed by atoms with Gasteiger partial charge in [-0.1, -0.05) is 79.9 Å². The monoisotopic (exact) mass is 666 g/mol. The SMILES string of the molecule is c1ccc2c(c1)Cc1c-2ccc(N(CC2CO2)CC2CO2)c1C1(c2c(N(CC3CO3)CC3CO3)ccc3c2Cc2ccccc2-3)CCCCC1. The van der Waals surface area contributed by atoms with Crippen molar-refractivity contribution in [1.29, 1.82) is 0 Å². The maximum absolute atomic E-state index is 5.92. The Balaban J connectivity index is 1.18. The van der Waals surface area contributed by atoms with E-state index in [0.717, 1.165) is 78.3 Å². The molecule has 0 radical (unpaired) electrons. The van der Waals surface area contributed by atoms with Gasteiger partial charge < -0.3 is 28.7 Å². The predicted octanol–water partition coefficient (Wildman–Crippen LogP) is 7.29. The molecule has 5 fully saturated rings. The number of fused-ring (bicyclic) bond motifs is 6. The predicted molar refractivity (Wildman–Crippen MR) is 197 cm³/mol. The van der Waals surface area contributed by atoms with E-state index in [2.05, 4.69) is 82.6 Å². The maximum atomic E-state index is 5.92. The van der Waals surface area contributed by atoms with Crippen molar-refractivity contribution in [3.05, 3.63) is 106 Å². The molecule has 11 rings (SSSR count). The van der Waals surface area contributed by atoms with E-state index in [9.17, 15) is 0 Å². The third kappa shape index (κ3) is 5.21. The Kier molecular flexibility index (Phi) is 7.00. The fraction of sp³-hybridized carbons (Fsp3) is 0.455. The first-order valence-corrected chi connectivity index (χ1v) is 19.2. The van der Waals surface area contributed by atoms with Gasteiger partial charge in [-0.25, -0.2) is 0 Å². The minimum atomic E-state index is -0.135. The zero-order valence-corrected chi connectivity index (χ0v) is 28.9. The van der Waals surface area contributed by atoms with Crippen LogP contribution in [0.25, 0.3) is 22.3 Å². The number of anilines is 2. The van der Waals surface area contributed by atoms with Gasteiger partial charge in [0.05, 0.1) is 50.8 Å². The van der Waals surface area contributed by atoms with Crippen molar-refractivity contribution in [3.8, 4) is 22.3 Å². The van der Waals surface area contributed by atoms with Gasteiger partial charge in [-0.3, -0.25) is 0 Å². The Labute approximate surface area is 295 Å². The Morgan fingerprint density at radius 2 is 0.880 bits per heavy atom. The molecule has 4 aliphatic heterocycles. The van der Waals surface area contributed by atoms with Gasteiger partial charge in [-0.05, 0) is 93.5 Å². The van der Waals surface area contributed by atoms with Crippen LogP contribution in [-0.2, 0) is 37.2 Å². The average molecular weight is 667 g/mol. The van der Waals surface area contributed by atoms with Gasteiger partial charge in [0, 0.05) is 43.0 Å². The topological polar surface area (TPSA) is 56.6 Å². The van der Waals surface area contributed by atoms with Gasteiger partial charge in [0.25, 0.3) is 0 Å². The number of benzene rings is 4. The van der Waals surface area contributed by atoms with Crippen molar-refractivity contribution in [3.63, 3.8) is 0 Å². The molecule has 4 heterocycles. The van der Waals surface area contributed by atoms with E-state index < -0.39 is 0 Å². The van der Waals surface area contributed by atoms with Gasteiger partial charge >= 0.3 is 0 Å². The molecule has 6 heteroatoms. The molecule has 0 amide bonds. The van der Waals surface area contributed by atoms with Crippen molar-refractivity contribution < 1.29 is 18.9 Å². The molecule has 0 spiro atoms. The number of ether oxygens (including phenoxy) is 4. The second-order valence-corrected chi connectivity index (χ2v) is 15.9. The lowest BCUT2D eigenvalue weighted by atomic mass is 9.61. The summed E-state index contributed by atoms with van der Waals surface area (Å²) < 4.78 is 23.7. The number of hydrogen-bond donors (Lipinski definition) is 0. The van der Waals surface area contributed by atoms with Crippen LogP contribution in [-0.4, -0.2) is 77.0 Å². The molecule has 4 aromatic carbocycles. The lowest BCUT2D eigenvalue weighted by molar-refractivity contribution is 0.341. The quantitative estimate of drug-likeness (QED) is 0.128. The van der Waals surface area contributed by atoms with Gasteiger partial charge in [-0.15, -0.1) is 0 Å². The standard InChI is InChI=1S/C44H46N2O4/c1-6-16-44(17-7-1,42-38-18-28-8-2-4-10-34(28)36(38)12-14-40(42)45(20-30-24-47-30)21-31-25-48-31)43-39-19-29-9-3-5-11-35(29)37(39)13-15-41(43)46(22-32-26-49-32)23-33-27-50-33/h2-5,8-15,30-33H,1,6-7,16-27H2. The summed E-state index contributed by atoms with van der Waals surface area (Å²) in [5, 5.41) is 0. The highest BCUT2D eigenvalue weighted by atomic mass is 16.6. The summed E-state index contributed by atoms with van der Waals surface area (Å²) in [6, 6.07) is 28.2. The molecule has 7 aliphatic rings. The molecule has 50 heavy (non-hydrogen) atoms. The van der Waals surface area contributed by atoms with Crippen LogP contribution >= 0.6 is 0 Å². The fourth-order valence-corrected chi connectivity index (χ4v) is 9.99. The van der Waals surface area contributed by atoms with Crippen molar-refractivity contribution in [2.24, 2.45) is 0 Å². The lowest BCUT2D eigenvalue weighted by Crippen LogP contribution is -2.40. The molecule has 6 nitrogen and oxygen atoms in total. The van der Waals surface area contributed by atoms with E-state index in [4.69, 9.17) is 18.9 Å². The van der Waals surface area contributed by atoms with Crippen molar-refractivity contribution in [2.45, 2.75) is 74.8 Å². The molecular formula is C44H46N2O4. The summed E-state index contributed by atoms with van der Waals surface area (Å²) in [6.07, 6.45) is 9.27. The van der Waals surface area contributed by atoms with Crippen LogP contribution in [0.5, 0.6) is 0 Å². The zero-order valence-electron chi connectivity index (χ0n) is 28.9. The number of hydrogen-bond acceptors (Lipinski definition) is 6. The first kappa shape index (κ1) is 30.0. The third-order valence-electron chi connectivity index (χ3n) is 12.6. The Bertz CT molecular complexity index is 1800. The summed E-state index contributed by atoms with van der Waals surface area (Å²) in [4.78, 5) is 5.32. The smallest absolute Gasteiger partial charge is 0.0984 e. The Morgan fingerprint density at radius 1 is 0.480 bits per heavy atom. The van der Waals surface area contributed by atoms with E-state index >= 15 is 0 Å². The minimum Gasteiger partial charge on any atom is -0.371 e. The first-order chi connectivity index (χ1) is 24.7. The summed E-state index contributed by atoms with van der Waals surface area (Å²) in [5.74, 6) is 0. The van der Waals surface area contributed by atoms with Crippen LogP contribution in [0.2, 0.25) is 0 Å². The van der Waals surface area contributed by atoms with Crippen LogP contribution in [0, 0.1) is 0 Å². The summed E-state index contributed by atoms with van der Waals surface area (Å²) in [5.41, 5.74) is 17.5. The summed E-state index contributed by atoms with van der Waals surface area (Å²) >= 11 is 0. The minimum absolute atomic E-state index is 0.135. The second-order valence-electron chi connectivity index (χ2n) is 15.9. The van der Waals surface area contributed by atoms with E-state index in [0.29, 0.717) is 24.4 Å². The van der Waals surface area contributed by atoms with Crippen LogP contribution in [0.1, 0.15) is 65.5 Å². The normalized spacial score (nSPS) is 25.7. The molecule has 0 N–H and O–H groups in total. The van der Waals surface area contributed by atoms with Gasteiger partial charge in [-0.2, -0.15) is 0 Å². The lowest BCUT2D eigenvalue weighted by Gasteiger charge is -2.46.